The Kier molecular flexibility index (Phi) is 6.16. The fourth-order valence-corrected chi connectivity index (χ4v) is 3.55. The highest BCUT2D eigenvalue weighted by molar-refractivity contribution is 7.90. The Bertz CT molecular complexity index is 1210. The van der Waals surface area contributed by atoms with E-state index in [-0.39, 0.29) is 18.3 Å². The van der Waals surface area contributed by atoms with Crippen LogP contribution in [0.2, 0.25) is 0 Å². The number of nitrogens with one attached hydrogen (secondary N) is 2. The highest BCUT2D eigenvalue weighted by Gasteiger charge is 2.16. The minimum absolute atomic E-state index is 0.00986. The third-order valence-electron chi connectivity index (χ3n) is 4.48. The minimum atomic E-state index is -3.10. The largest absolute Gasteiger partial charge is 0.404 e. The van der Waals surface area contributed by atoms with Gasteiger partial charge in [0.2, 0.25) is 0 Å². The fraction of sp³-hybridized carbons (Fsp3) is 0.300. The Morgan fingerprint density at radius 1 is 1.37 bits per heavy atom. The van der Waals surface area contributed by atoms with Crippen molar-refractivity contribution in [2.45, 2.75) is 26.4 Å². The van der Waals surface area contributed by atoms with Crippen molar-refractivity contribution in [1.82, 2.24) is 20.0 Å². The van der Waals surface area contributed by atoms with E-state index < -0.39 is 9.84 Å². The summed E-state index contributed by atoms with van der Waals surface area (Å²) in [6.45, 7) is 4.30. The maximum absolute atomic E-state index is 11.4. The van der Waals surface area contributed by atoms with Crippen LogP contribution < -0.4 is 11.1 Å². The number of aryl methyl sites for hydroxylation is 1. The molecule has 158 valence electrons. The first-order valence-electron chi connectivity index (χ1n) is 9.42. The van der Waals surface area contributed by atoms with Gasteiger partial charge < -0.3 is 16.5 Å². The maximum Gasteiger partial charge on any atom is 0.149 e. The van der Waals surface area contributed by atoms with Crippen LogP contribution in [0, 0.1) is 5.41 Å². The summed E-state index contributed by atoms with van der Waals surface area (Å²) in [5, 5.41) is 20.2. The molecule has 0 aliphatic carbocycles. The monoisotopic (exact) mass is 427 g/mol. The van der Waals surface area contributed by atoms with Crippen molar-refractivity contribution >= 4 is 38.2 Å². The zero-order valence-corrected chi connectivity index (χ0v) is 17.9. The van der Waals surface area contributed by atoms with Gasteiger partial charge in [-0.25, -0.2) is 8.42 Å². The van der Waals surface area contributed by atoms with Crippen molar-refractivity contribution in [3.8, 4) is 11.3 Å². The Morgan fingerprint density at radius 3 is 2.77 bits per heavy atom. The van der Waals surface area contributed by atoms with E-state index in [1.807, 2.05) is 32.0 Å². The number of nitrogens with zero attached hydrogens (tertiary/aromatic N) is 4. The summed E-state index contributed by atoms with van der Waals surface area (Å²) in [6.07, 6.45) is 7.24. The molecule has 30 heavy (non-hydrogen) atoms. The molecule has 0 bridgehead atoms. The van der Waals surface area contributed by atoms with Crippen LogP contribution in [-0.4, -0.2) is 52.7 Å². The van der Waals surface area contributed by atoms with Crippen LogP contribution in [0.5, 0.6) is 0 Å². The second-order valence-corrected chi connectivity index (χ2v) is 9.60. The van der Waals surface area contributed by atoms with Crippen LogP contribution in [0.1, 0.15) is 19.4 Å². The van der Waals surface area contributed by atoms with E-state index in [0.717, 1.165) is 27.7 Å². The molecule has 2 aromatic heterocycles. The smallest absolute Gasteiger partial charge is 0.149 e. The maximum atomic E-state index is 11.4. The van der Waals surface area contributed by atoms with Crippen molar-refractivity contribution in [3.05, 3.63) is 42.4 Å². The molecular formula is C20H25N7O2S. The van der Waals surface area contributed by atoms with Crippen LogP contribution in [0.25, 0.3) is 27.7 Å². The lowest BCUT2D eigenvalue weighted by Crippen LogP contribution is -2.12. The lowest BCUT2D eigenvalue weighted by atomic mass is 10.0. The zero-order chi connectivity index (χ0) is 21.9. The summed E-state index contributed by atoms with van der Waals surface area (Å²) < 4.78 is 24.4. The molecule has 4 N–H and O–H groups in total. The van der Waals surface area contributed by atoms with Gasteiger partial charge in [-0.3, -0.25) is 9.67 Å². The zero-order valence-electron chi connectivity index (χ0n) is 17.1. The number of anilines is 1. The van der Waals surface area contributed by atoms with Gasteiger partial charge in [0.15, 0.2) is 0 Å². The van der Waals surface area contributed by atoms with Gasteiger partial charge >= 0.3 is 0 Å². The van der Waals surface area contributed by atoms with E-state index in [1.54, 1.807) is 12.4 Å². The van der Waals surface area contributed by atoms with Crippen molar-refractivity contribution < 1.29 is 8.42 Å². The lowest BCUT2D eigenvalue weighted by Gasteiger charge is -2.17. The highest BCUT2D eigenvalue weighted by atomic mass is 32.2. The average Bonchev–Trinajstić information content (AvgIpc) is 3.16. The van der Waals surface area contributed by atoms with E-state index in [4.69, 9.17) is 11.1 Å². The number of hydrogen-bond donors (Lipinski definition) is 3. The predicted octanol–water partition coefficient (Wildman–Crippen LogP) is 2.31. The summed E-state index contributed by atoms with van der Waals surface area (Å²) in [7, 11) is -3.10. The molecule has 0 aliphatic rings. The van der Waals surface area contributed by atoms with Crippen LogP contribution in [0.15, 0.2) is 36.8 Å². The van der Waals surface area contributed by atoms with Gasteiger partial charge in [-0.05, 0) is 31.5 Å². The molecule has 9 nitrogen and oxygen atoms in total. The molecule has 2 heterocycles. The molecule has 0 saturated heterocycles. The molecule has 0 amide bonds. The number of pyridine rings is 1. The van der Waals surface area contributed by atoms with Crippen LogP contribution in [0.4, 0.5) is 5.69 Å². The first-order valence-corrected chi connectivity index (χ1v) is 11.5. The second-order valence-electron chi connectivity index (χ2n) is 7.34. The number of hydrogen-bond acceptors (Lipinski definition) is 8. The third-order valence-corrected chi connectivity index (χ3v) is 5.40. The number of fused-ring (bicyclic) bond motifs is 1. The van der Waals surface area contributed by atoms with Gasteiger partial charge in [-0.1, -0.05) is 11.3 Å². The minimum Gasteiger partial charge on any atom is -0.404 e. The number of nitrogens with two attached hydrogens (primary N) is 1. The number of sulfone groups is 1. The average molecular weight is 428 g/mol. The standard InChI is InChI=1S/C20H25N7O2S/c1-13(2)24-20-16-8-14(15(9-21)10-22)4-5-18(16)23-11-17(20)19-12-27(26-25-19)6-7-30(3,28)29/h4-5,8-13,21H,6-7,22H2,1-3H3,(H,23,24)/b15-10+,21-9?. The summed E-state index contributed by atoms with van der Waals surface area (Å²) in [6, 6.07) is 5.84. The Hall–Kier alpha value is -3.27. The summed E-state index contributed by atoms with van der Waals surface area (Å²) in [4.78, 5) is 4.55. The Labute approximate surface area is 175 Å². The lowest BCUT2D eigenvalue weighted by molar-refractivity contribution is 0.579. The molecule has 3 rings (SSSR count). The number of allylic oxidation sites excluding steroid dienone is 1. The van der Waals surface area contributed by atoms with Gasteiger partial charge in [0.1, 0.15) is 15.5 Å². The van der Waals surface area contributed by atoms with E-state index in [0.29, 0.717) is 11.3 Å². The first kappa shape index (κ1) is 21.4. The Balaban J connectivity index is 2.12. The van der Waals surface area contributed by atoms with Crippen molar-refractivity contribution in [1.29, 1.82) is 5.41 Å². The number of rotatable bonds is 8. The Morgan fingerprint density at radius 2 is 2.13 bits per heavy atom. The van der Waals surface area contributed by atoms with Crippen LogP contribution >= 0.6 is 0 Å². The van der Waals surface area contributed by atoms with E-state index in [1.165, 1.54) is 23.4 Å². The van der Waals surface area contributed by atoms with E-state index in [2.05, 4.69) is 20.6 Å². The first-order chi connectivity index (χ1) is 14.2. The number of aromatic nitrogens is 4. The third kappa shape index (κ3) is 4.82. The fourth-order valence-electron chi connectivity index (χ4n) is 3.03. The second kappa shape index (κ2) is 8.62. The molecular weight excluding hydrogens is 402 g/mol. The van der Waals surface area contributed by atoms with Gasteiger partial charge in [-0.15, -0.1) is 5.10 Å². The van der Waals surface area contributed by atoms with Crippen LogP contribution in [-0.2, 0) is 16.4 Å². The SMILES string of the molecule is CC(C)Nc1c(-c2cn(CCS(C)(=O)=O)nn2)cnc2ccc(/C(C=N)=C/N)cc12. The molecule has 1 aromatic carbocycles. The van der Waals surface area contributed by atoms with E-state index >= 15 is 0 Å². The normalized spacial score (nSPS) is 12.5. The molecule has 0 radical (unpaired) electrons. The van der Waals surface area contributed by atoms with Gasteiger partial charge in [0.25, 0.3) is 0 Å². The summed E-state index contributed by atoms with van der Waals surface area (Å²) in [5.41, 5.74) is 10.0. The van der Waals surface area contributed by atoms with Gasteiger partial charge in [0.05, 0.1) is 29.7 Å². The van der Waals surface area contributed by atoms with E-state index in [9.17, 15) is 8.42 Å². The van der Waals surface area contributed by atoms with Crippen molar-refractivity contribution in [3.63, 3.8) is 0 Å². The predicted molar refractivity (Wildman–Crippen MR) is 120 cm³/mol. The molecule has 0 spiro atoms. The molecule has 3 aromatic rings. The van der Waals surface area contributed by atoms with Gasteiger partial charge in [-0.2, -0.15) is 0 Å². The topological polar surface area (TPSA) is 140 Å². The number of benzene rings is 1. The van der Waals surface area contributed by atoms with Crippen LogP contribution in [0.3, 0.4) is 0 Å². The molecule has 10 heteroatoms. The molecule has 0 aliphatic heterocycles. The molecule has 0 atom stereocenters. The van der Waals surface area contributed by atoms with Crippen molar-refractivity contribution in [2.24, 2.45) is 5.73 Å². The highest BCUT2D eigenvalue weighted by Crippen LogP contribution is 2.34. The van der Waals surface area contributed by atoms with Gasteiger partial charge in [0, 0.05) is 47.4 Å². The quantitative estimate of drug-likeness (QED) is 0.469. The summed E-state index contributed by atoms with van der Waals surface area (Å²) in [5.74, 6) is -0.00986. The molecule has 0 unspecified atom stereocenters. The molecule has 0 saturated carbocycles. The summed E-state index contributed by atoms with van der Waals surface area (Å²) >= 11 is 0. The molecule has 0 fully saturated rings. The van der Waals surface area contributed by atoms with Crippen molar-refractivity contribution in [2.75, 3.05) is 17.3 Å².